The fourth-order valence-electron chi connectivity index (χ4n) is 1.74. The van der Waals surface area contributed by atoms with Gasteiger partial charge in [-0.05, 0) is 18.6 Å². The molecule has 84 valence electrons. The van der Waals surface area contributed by atoms with Gasteiger partial charge in [-0.25, -0.2) is 0 Å². The molecule has 0 bridgehead atoms. The van der Waals surface area contributed by atoms with E-state index in [4.69, 9.17) is 0 Å². The number of rotatable bonds is 2. The van der Waals surface area contributed by atoms with Crippen molar-refractivity contribution < 1.29 is 4.79 Å². The van der Waals surface area contributed by atoms with Crippen molar-refractivity contribution in [1.29, 1.82) is 0 Å². The van der Waals surface area contributed by atoms with Crippen molar-refractivity contribution in [2.45, 2.75) is 13.5 Å². The van der Waals surface area contributed by atoms with Gasteiger partial charge in [0.15, 0.2) is 0 Å². The zero-order valence-corrected chi connectivity index (χ0v) is 9.77. The Balaban J connectivity index is 2.42. The summed E-state index contributed by atoms with van der Waals surface area (Å²) in [6.45, 7) is 2.40. The van der Waals surface area contributed by atoms with Crippen molar-refractivity contribution in [3.8, 4) is 0 Å². The van der Waals surface area contributed by atoms with E-state index in [0.29, 0.717) is 6.54 Å². The van der Waals surface area contributed by atoms with Crippen molar-refractivity contribution in [3.63, 3.8) is 0 Å². The maximum atomic E-state index is 11.6. The topological polar surface area (TPSA) is 38.1 Å². The molecule has 0 aromatic carbocycles. The van der Waals surface area contributed by atoms with E-state index in [1.807, 2.05) is 23.8 Å². The number of amides is 1. The lowest BCUT2D eigenvalue weighted by Crippen LogP contribution is -2.25. The van der Waals surface area contributed by atoms with Crippen LogP contribution in [-0.2, 0) is 11.3 Å². The molecule has 0 aliphatic carbocycles. The van der Waals surface area contributed by atoms with Gasteiger partial charge in [-0.15, -0.1) is 0 Å². The second kappa shape index (κ2) is 3.96. The number of fused-ring (bicyclic) bond motifs is 1. The minimum absolute atomic E-state index is 0.0840. The predicted octanol–water partition coefficient (Wildman–Crippen LogP) is 1.43. The van der Waals surface area contributed by atoms with Crippen LogP contribution in [0.2, 0.25) is 0 Å². The number of aromatic nitrogens is 2. The smallest absolute Gasteiger partial charge is 0.241 e. The lowest BCUT2D eigenvalue weighted by molar-refractivity contribution is -0.129. The van der Waals surface area contributed by atoms with Gasteiger partial charge in [-0.3, -0.25) is 9.78 Å². The summed E-state index contributed by atoms with van der Waals surface area (Å²) >= 11 is 0. The molecule has 2 rings (SSSR count). The molecule has 0 saturated carbocycles. The van der Waals surface area contributed by atoms with Gasteiger partial charge in [0.2, 0.25) is 5.91 Å². The molecule has 1 amide bonds. The first-order valence-corrected chi connectivity index (χ1v) is 5.19. The molecule has 0 saturated heterocycles. The minimum Gasteiger partial charge on any atom is -0.347 e. The number of hydrogen-bond donors (Lipinski definition) is 0. The number of nitrogens with zero attached hydrogens (tertiary/aromatic N) is 3. The van der Waals surface area contributed by atoms with Crippen LogP contribution < -0.4 is 0 Å². The molecule has 0 atom stereocenters. The Bertz CT molecular complexity index is 528. The number of carbonyl (C=O) groups is 1. The zero-order chi connectivity index (χ0) is 11.7. The first-order valence-electron chi connectivity index (χ1n) is 5.19. The van der Waals surface area contributed by atoms with E-state index in [1.165, 1.54) is 5.56 Å². The molecular formula is C12H15N3O. The molecule has 0 aliphatic rings. The molecule has 0 unspecified atom stereocenters. The number of hydrogen-bond acceptors (Lipinski definition) is 2. The Hall–Kier alpha value is -1.84. The van der Waals surface area contributed by atoms with Crippen LogP contribution in [0.4, 0.5) is 0 Å². The minimum atomic E-state index is 0.0840. The van der Waals surface area contributed by atoms with E-state index in [0.717, 1.165) is 10.9 Å². The molecule has 2 aromatic rings. The van der Waals surface area contributed by atoms with Crippen molar-refractivity contribution >= 4 is 16.8 Å². The Morgan fingerprint density at radius 3 is 2.94 bits per heavy atom. The van der Waals surface area contributed by atoms with Gasteiger partial charge in [-0.1, -0.05) is 0 Å². The summed E-state index contributed by atoms with van der Waals surface area (Å²) in [5, 5.41) is 1.15. The Morgan fingerprint density at radius 2 is 2.25 bits per heavy atom. The molecule has 16 heavy (non-hydrogen) atoms. The number of aryl methyl sites for hydroxylation is 1. The zero-order valence-electron chi connectivity index (χ0n) is 9.77. The average molecular weight is 217 g/mol. The van der Waals surface area contributed by atoms with Gasteiger partial charge >= 0.3 is 0 Å². The third-order valence-electron chi connectivity index (χ3n) is 2.69. The Labute approximate surface area is 94.5 Å². The Kier molecular flexibility index (Phi) is 2.64. The average Bonchev–Trinajstić information content (AvgIpc) is 2.57. The van der Waals surface area contributed by atoms with Gasteiger partial charge in [0.25, 0.3) is 0 Å². The molecule has 2 heterocycles. The predicted molar refractivity (Wildman–Crippen MR) is 63.2 cm³/mol. The molecule has 0 aliphatic heterocycles. The van der Waals surface area contributed by atoms with E-state index in [2.05, 4.69) is 4.98 Å². The molecule has 0 fully saturated rings. The van der Waals surface area contributed by atoms with Crippen LogP contribution in [0.15, 0.2) is 24.7 Å². The van der Waals surface area contributed by atoms with E-state index in [-0.39, 0.29) is 5.91 Å². The number of pyridine rings is 1. The van der Waals surface area contributed by atoms with E-state index in [1.54, 1.807) is 31.4 Å². The van der Waals surface area contributed by atoms with Crippen molar-refractivity contribution in [2.75, 3.05) is 14.1 Å². The summed E-state index contributed by atoms with van der Waals surface area (Å²) in [4.78, 5) is 17.3. The second-order valence-electron chi connectivity index (χ2n) is 4.12. The highest BCUT2D eigenvalue weighted by molar-refractivity contribution is 5.85. The van der Waals surface area contributed by atoms with Gasteiger partial charge < -0.3 is 9.47 Å². The lowest BCUT2D eigenvalue weighted by Gasteiger charge is -2.11. The highest BCUT2D eigenvalue weighted by Gasteiger charge is 2.09. The van der Waals surface area contributed by atoms with Crippen LogP contribution in [0.3, 0.4) is 0 Å². The van der Waals surface area contributed by atoms with Crippen molar-refractivity contribution in [1.82, 2.24) is 14.5 Å². The maximum Gasteiger partial charge on any atom is 0.241 e. The summed E-state index contributed by atoms with van der Waals surface area (Å²) in [5.74, 6) is 0.0840. The van der Waals surface area contributed by atoms with Gasteiger partial charge in [0.05, 0.1) is 11.7 Å². The quantitative estimate of drug-likeness (QED) is 0.763. The van der Waals surface area contributed by atoms with E-state index in [9.17, 15) is 4.79 Å². The third-order valence-corrected chi connectivity index (χ3v) is 2.69. The van der Waals surface area contributed by atoms with Crippen LogP contribution in [0.1, 0.15) is 5.56 Å². The molecule has 4 nitrogen and oxygen atoms in total. The van der Waals surface area contributed by atoms with Crippen LogP contribution in [0.25, 0.3) is 10.9 Å². The standard InChI is InChI=1S/C12H15N3O/c1-9-7-15(8-12(16)14(2)3)11-6-13-5-4-10(9)11/h4-7H,8H2,1-3H3. The SMILES string of the molecule is Cc1cn(CC(=O)N(C)C)c2cnccc12. The molecule has 0 spiro atoms. The monoisotopic (exact) mass is 217 g/mol. The van der Waals surface area contributed by atoms with Crippen LogP contribution in [0, 0.1) is 6.92 Å². The van der Waals surface area contributed by atoms with Crippen LogP contribution in [-0.4, -0.2) is 34.5 Å². The van der Waals surface area contributed by atoms with Crippen molar-refractivity contribution in [3.05, 3.63) is 30.2 Å². The second-order valence-corrected chi connectivity index (χ2v) is 4.12. The first kappa shape index (κ1) is 10.7. The summed E-state index contributed by atoms with van der Waals surface area (Å²) in [6.07, 6.45) is 5.56. The van der Waals surface area contributed by atoms with Gasteiger partial charge in [0.1, 0.15) is 6.54 Å². The largest absolute Gasteiger partial charge is 0.347 e. The van der Waals surface area contributed by atoms with Crippen LogP contribution in [0.5, 0.6) is 0 Å². The van der Waals surface area contributed by atoms with E-state index < -0.39 is 0 Å². The number of likely N-dealkylation sites (N-methyl/N-ethyl adjacent to an activating group) is 1. The summed E-state index contributed by atoms with van der Waals surface area (Å²) in [6, 6.07) is 1.97. The summed E-state index contributed by atoms with van der Waals surface area (Å²) in [5.41, 5.74) is 2.18. The van der Waals surface area contributed by atoms with Gasteiger partial charge in [0, 0.05) is 31.9 Å². The molecule has 0 N–H and O–H groups in total. The number of carbonyl (C=O) groups excluding carboxylic acids is 1. The fourth-order valence-corrected chi connectivity index (χ4v) is 1.74. The fraction of sp³-hybridized carbons (Fsp3) is 0.333. The molecule has 2 aromatic heterocycles. The van der Waals surface area contributed by atoms with Crippen molar-refractivity contribution in [2.24, 2.45) is 0 Å². The lowest BCUT2D eigenvalue weighted by atomic mass is 10.2. The third kappa shape index (κ3) is 1.78. The summed E-state index contributed by atoms with van der Waals surface area (Å²) in [7, 11) is 3.53. The highest BCUT2D eigenvalue weighted by atomic mass is 16.2. The highest BCUT2D eigenvalue weighted by Crippen LogP contribution is 2.19. The normalized spacial score (nSPS) is 10.7. The molecule has 4 heteroatoms. The first-order chi connectivity index (χ1) is 7.59. The maximum absolute atomic E-state index is 11.6. The summed E-state index contributed by atoms with van der Waals surface area (Å²) < 4.78 is 1.94. The van der Waals surface area contributed by atoms with Gasteiger partial charge in [-0.2, -0.15) is 0 Å². The Morgan fingerprint density at radius 1 is 1.50 bits per heavy atom. The van der Waals surface area contributed by atoms with Crippen LogP contribution >= 0.6 is 0 Å². The molecule has 0 radical (unpaired) electrons. The molecular weight excluding hydrogens is 202 g/mol. The van der Waals surface area contributed by atoms with E-state index >= 15 is 0 Å².